The van der Waals surface area contributed by atoms with Crippen molar-refractivity contribution < 1.29 is 13.9 Å². The van der Waals surface area contributed by atoms with Gasteiger partial charge in [-0.15, -0.1) is 0 Å². The summed E-state index contributed by atoms with van der Waals surface area (Å²) in [6.07, 6.45) is 4.26. The van der Waals surface area contributed by atoms with E-state index in [9.17, 15) is 14.4 Å². The van der Waals surface area contributed by atoms with Gasteiger partial charge >= 0.3 is 0 Å². The number of carbonyl (C=O) groups is 1. The summed E-state index contributed by atoms with van der Waals surface area (Å²) in [5.74, 6) is -0.290. The number of nitrogens with two attached hydrogens (primary N) is 1. The van der Waals surface area contributed by atoms with Crippen LogP contribution in [-0.2, 0) is 4.79 Å². The number of H-pyrrole nitrogens is 1. The van der Waals surface area contributed by atoms with Crippen molar-refractivity contribution in [2.45, 2.75) is 6.42 Å². The summed E-state index contributed by atoms with van der Waals surface area (Å²) in [5, 5.41) is 10.4. The van der Waals surface area contributed by atoms with E-state index in [2.05, 4.69) is 16.0 Å². The number of fused-ring (bicyclic) bond motifs is 1. The van der Waals surface area contributed by atoms with E-state index in [1.165, 1.54) is 25.4 Å². The van der Waals surface area contributed by atoms with Crippen LogP contribution in [0.5, 0.6) is 5.75 Å². The van der Waals surface area contributed by atoms with Crippen molar-refractivity contribution in [3.63, 3.8) is 0 Å². The van der Waals surface area contributed by atoms with Crippen molar-refractivity contribution in [3.8, 4) is 22.9 Å². The molecule has 0 aliphatic carbocycles. The number of halogens is 1. The predicted octanol–water partition coefficient (Wildman–Crippen LogP) is 2.82. The van der Waals surface area contributed by atoms with Gasteiger partial charge in [0.2, 0.25) is 5.91 Å². The molecule has 1 aliphatic rings. The van der Waals surface area contributed by atoms with Gasteiger partial charge in [-0.05, 0) is 36.3 Å². The first-order valence-corrected chi connectivity index (χ1v) is 9.46. The molecule has 30 heavy (non-hydrogen) atoms. The number of amides is 1. The quantitative estimate of drug-likeness (QED) is 0.679. The van der Waals surface area contributed by atoms with Crippen LogP contribution in [0.25, 0.3) is 27.7 Å². The lowest BCUT2D eigenvalue weighted by Crippen LogP contribution is -2.36. The number of benzene rings is 1. The molecule has 1 aliphatic heterocycles. The number of carbonyl (C=O) groups excluding carboxylic acids is 1. The molecule has 8 heteroatoms. The van der Waals surface area contributed by atoms with Crippen LogP contribution in [0.1, 0.15) is 17.7 Å². The van der Waals surface area contributed by atoms with E-state index in [1.807, 2.05) is 17.0 Å². The van der Waals surface area contributed by atoms with Gasteiger partial charge in [-0.3, -0.25) is 9.69 Å². The van der Waals surface area contributed by atoms with E-state index in [-0.39, 0.29) is 12.5 Å². The Kier molecular flexibility index (Phi) is 5.21. The maximum Gasteiger partial charge on any atom is 0.231 e. The summed E-state index contributed by atoms with van der Waals surface area (Å²) in [7, 11) is 1.51. The third-order valence-electron chi connectivity index (χ3n) is 5.23. The smallest absolute Gasteiger partial charge is 0.231 e. The Morgan fingerprint density at radius 3 is 2.93 bits per heavy atom. The summed E-state index contributed by atoms with van der Waals surface area (Å²) in [6, 6.07) is 8.31. The van der Waals surface area contributed by atoms with Crippen LogP contribution in [0.15, 0.2) is 36.5 Å². The van der Waals surface area contributed by atoms with Crippen LogP contribution in [0, 0.1) is 17.1 Å². The van der Waals surface area contributed by atoms with Crippen molar-refractivity contribution in [1.82, 2.24) is 14.9 Å². The number of rotatable bonds is 5. The molecule has 0 radical (unpaired) electrons. The highest BCUT2D eigenvalue weighted by atomic mass is 19.1. The summed E-state index contributed by atoms with van der Waals surface area (Å²) in [4.78, 5) is 20.8. The fraction of sp³-hybridized carbons (Fsp3) is 0.227. The molecule has 4 rings (SSSR count). The van der Waals surface area contributed by atoms with Crippen molar-refractivity contribution in [3.05, 3.63) is 53.6 Å². The summed E-state index contributed by atoms with van der Waals surface area (Å²) < 4.78 is 19.4. The Morgan fingerprint density at radius 2 is 2.27 bits per heavy atom. The SMILES string of the molecule is COc1ccc(F)cc1-c1c(C#N)cnc2[nH]c(C3=CCN(CC(N)=O)CC3)cc12. The number of methoxy groups -OCH3 is 1. The first-order chi connectivity index (χ1) is 14.5. The van der Waals surface area contributed by atoms with Gasteiger partial charge in [0.05, 0.1) is 19.2 Å². The monoisotopic (exact) mass is 405 g/mol. The fourth-order valence-electron chi connectivity index (χ4n) is 3.82. The van der Waals surface area contributed by atoms with Crippen LogP contribution >= 0.6 is 0 Å². The van der Waals surface area contributed by atoms with Gasteiger partial charge in [0, 0.05) is 41.5 Å². The number of nitrogens with zero attached hydrogens (tertiary/aromatic N) is 3. The molecule has 0 spiro atoms. The van der Waals surface area contributed by atoms with Gasteiger partial charge in [-0.2, -0.15) is 5.26 Å². The minimum Gasteiger partial charge on any atom is -0.496 e. The topological polar surface area (TPSA) is 108 Å². The van der Waals surface area contributed by atoms with E-state index < -0.39 is 5.82 Å². The molecule has 0 unspecified atom stereocenters. The Balaban J connectivity index is 1.81. The maximum atomic E-state index is 14.0. The number of hydrogen-bond acceptors (Lipinski definition) is 5. The number of primary amides is 1. The predicted molar refractivity (Wildman–Crippen MR) is 111 cm³/mol. The number of hydrogen-bond donors (Lipinski definition) is 2. The second-order valence-corrected chi connectivity index (χ2v) is 7.13. The van der Waals surface area contributed by atoms with Crippen molar-refractivity contribution in [2.75, 3.05) is 26.7 Å². The number of aromatic amines is 1. The van der Waals surface area contributed by atoms with Gasteiger partial charge in [0.1, 0.15) is 23.3 Å². The van der Waals surface area contributed by atoms with E-state index >= 15 is 0 Å². The summed E-state index contributed by atoms with van der Waals surface area (Å²) in [6.45, 7) is 1.56. The van der Waals surface area contributed by atoms with Gasteiger partial charge in [0.15, 0.2) is 0 Å². The van der Waals surface area contributed by atoms with Crippen LogP contribution in [0.3, 0.4) is 0 Å². The average molecular weight is 405 g/mol. The number of nitrogens with one attached hydrogen (secondary N) is 1. The van der Waals surface area contributed by atoms with Gasteiger partial charge in [-0.25, -0.2) is 9.37 Å². The highest BCUT2D eigenvalue weighted by Gasteiger charge is 2.20. The first kappa shape index (κ1) is 19.6. The maximum absolute atomic E-state index is 14.0. The highest BCUT2D eigenvalue weighted by molar-refractivity contribution is 5.99. The van der Waals surface area contributed by atoms with Crippen LogP contribution in [0.2, 0.25) is 0 Å². The zero-order chi connectivity index (χ0) is 21.3. The molecular weight excluding hydrogens is 385 g/mol. The fourth-order valence-corrected chi connectivity index (χ4v) is 3.82. The zero-order valence-corrected chi connectivity index (χ0v) is 16.4. The first-order valence-electron chi connectivity index (χ1n) is 9.46. The Morgan fingerprint density at radius 1 is 1.43 bits per heavy atom. The van der Waals surface area contributed by atoms with Crippen LogP contribution in [0.4, 0.5) is 4.39 Å². The largest absolute Gasteiger partial charge is 0.496 e. The van der Waals surface area contributed by atoms with Gasteiger partial charge in [0.25, 0.3) is 0 Å². The molecule has 3 heterocycles. The lowest BCUT2D eigenvalue weighted by atomic mass is 9.97. The van der Waals surface area contributed by atoms with Gasteiger partial charge < -0.3 is 15.5 Å². The molecule has 2 aromatic heterocycles. The number of ether oxygens (including phenoxy) is 1. The zero-order valence-electron chi connectivity index (χ0n) is 16.4. The van der Waals surface area contributed by atoms with Crippen molar-refractivity contribution >= 4 is 22.5 Å². The van der Waals surface area contributed by atoms with E-state index in [0.717, 1.165) is 17.7 Å². The van der Waals surface area contributed by atoms with E-state index in [0.29, 0.717) is 46.6 Å². The van der Waals surface area contributed by atoms with E-state index in [1.54, 1.807) is 6.07 Å². The molecule has 0 bridgehead atoms. The lowest BCUT2D eigenvalue weighted by Gasteiger charge is -2.24. The average Bonchev–Trinajstić information content (AvgIpc) is 3.17. The molecule has 7 nitrogen and oxygen atoms in total. The lowest BCUT2D eigenvalue weighted by molar-refractivity contribution is -0.119. The molecule has 152 valence electrons. The summed E-state index contributed by atoms with van der Waals surface area (Å²) >= 11 is 0. The Hall–Kier alpha value is -3.70. The highest BCUT2D eigenvalue weighted by Crippen LogP contribution is 2.38. The normalized spacial score (nSPS) is 14.4. The second-order valence-electron chi connectivity index (χ2n) is 7.13. The summed E-state index contributed by atoms with van der Waals surface area (Å²) in [5.41, 5.74) is 9.25. The molecule has 0 saturated carbocycles. The Bertz CT molecular complexity index is 1210. The Labute approximate surface area is 172 Å². The molecule has 1 aromatic carbocycles. The molecule has 3 aromatic rings. The minimum atomic E-state index is -0.417. The molecule has 0 atom stereocenters. The van der Waals surface area contributed by atoms with Gasteiger partial charge in [-0.1, -0.05) is 6.08 Å². The third kappa shape index (κ3) is 3.63. The van der Waals surface area contributed by atoms with Crippen LogP contribution in [-0.4, -0.2) is 47.5 Å². The number of pyridine rings is 1. The van der Waals surface area contributed by atoms with Crippen molar-refractivity contribution in [2.24, 2.45) is 5.73 Å². The molecule has 3 N–H and O–H groups in total. The third-order valence-corrected chi connectivity index (χ3v) is 5.23. The number of nitriles is 1. The second kappa shape index (κ2) is 7.97. The molecule has 0 saturated heterocycles. The molecule has 0 fully saturated rings. The number of aromatic nitrogens is 2. The molecular formula is C22H20FN5O2. The van der Waals surface area contributed by atoms with E-state index in [4.69, 9.17) is 10.5 Å². The molecule has 1 amide bonds. The minimum absolute atomic E-state index is 0.229. The van der Waals surface area contributed by atoms with Crippen LogP contribution < -0.4 is 10.5 Å². The van der Waals surface area contributed by atoms with Crippen molar-refractivity contribution in [1.29, 1.82) is 5.26 Å². The standard InChI is InChI=1S/C22H20FN5O2/c1-30-19-3-2-15(23)8-16(19)21-14(10-24)11-26-22-17(21)9-18(27-22)13-4-6-28(7-5-13)12-20(25)29/h2-4,8-9,11H,5-7,12H2,1H3,(H2,25,29)(H,26,27).